The van der Waals surface area contributed by atoms with E-state index >= 15 is 0 Å². The molecule has 0 saturated carbocycles. The van der Waals surface area contributed by atoms with E-state index in [0.29, 0.717) is 6.42 Å². The van der Waals surface area contributed by atoms with E-state index in [1.807, 2.05) is 10.9 Å². The van der Waals surface area contributed by atoms with E-state index in [4.69, 9.17) is 0 Å². The topological polar surface area (TPSA) is 34.9 Å². The van der Waals surface area contributed by atoms with E-state index in [2.05, 4.69) is 32.1 Å². The lowest BCUT2D eigenvalue weighted by molar-refractivity contribution is -0.118. The Morgan fingerprint density at radius 1 is 1.53 bits per heavy atom. The van der Waals surface area contributed by atoms with Crippen LogP contribution in [0.3, 0.4) is 0 Å². The van der Waals surface area contributed by atoms with Crippen LogP contribution in [-0.4, -0.2) is 15.6 Å². The summed E-state index contributed by atoms with van der Waals surface area (Å²) in [6.45, 7) is 8.86. The van der Waals surface area contributed by atoms with Gasteiger partial charge in [-0.3, -0.25) is 4.68 Å². The lowest BCUT2D eigenvalue weighted by atomic mass is 9.82. The normalized spacial score (nSPS) is 11.7. The van der Waals surface area contributed by atoms with Crippen molar-refractivity contribution < 1.29 is 4.79 Å². The van der Waals surface area contributed by atoms with Gasteiger partial charge in [0.1, 0.15) is 5.78 Å². The number of hydrogen-bond donors (Lipinski definition) is 0. The summed E-state index contributed by atoms with van der Waals surface area (Å²) in [5.74, 6) is 0.253. The average molecular weight is 208 g/mol. The lowest BCUT2D eigenvalue weighted by Gasteiger charge is -2.22. The molecule has 1 heterocycles. The second-order valence-electron chi connectivity index (χ2n) is 4.92. The number of rotatable bonds is 5. The van der Waals surface area contributed by atoms with Gasteiger partial charge in [0, 0.05) is 19.2 Å². The summed E-state index contributed by atoms with van der Waals surface area (Å²) >= 11 is 0. The maximum absolute atomic E-state index is 11.1. The summed E-state index contributed by atoms with van der Waals surface area (Å²) in [6, 6.07) is 0. The molecule has 3 nitrogen and oxygen atoms in total. The van der Waals surface area contributed by atoms with Gasteiger partial charge >= 0.3 is 0 Å². The minimum atomic E-state index is 0.0352. The molecule has 84 valence electrons. The highest BCUT2D eigenvalue weighted by atomic mass is 16.1. The van der Waals surface area contributed by atoms with Crippen LogP contribution in [0.4, 0.5) is 0 Å². The van der Waals surface area contributed by atoms with E-state index in [-0.39, 0.29) is 11.2 Å². The minimum absolute atomic E-state index is 0.0352. The second-order valence-corrected chi connectivity index (χ2v) is 4.92. The van der Waals surface area contributed by atoms with Gasteiger partial charge in [-0.2, -0.15) is 5.10 Å². The van der Waals surface area contributed by atoms with E-state index in [1.54, 1.807) is 6.92 Å². The van der Waals surface area contributed by atoms with Gasteiger partial charge in [0.05, 0.1) is 6.20 Å². The molecule has 1 rings (SSSR count). The molecule has 0 radical (unpaired) electrons. The number of hydrogen-bond acceptors (Lipinski definition) is 2. The van der Waals surface area contributed by atoms with Crippen molar-refractivity contribution in [1.29, 1.82) is 0 Å². The number of nitrogens with zero attached hydrogens (tertiary/aromatic N) is 2. The lowest BCUT2D eigenvalue weighted by Crippen LogP contribution is -2.18. The first-order valence-electron chi connectivity index (χ1n) is 5.44. The monoisotopic (exact) mass is 208 g/mol. The number of ketones is 1. The zero-order chi connectivity index (χ0) is 11.5. The molecule has 1 aromatic rings. The molecule has 1 aromatic heterocycles. The Morgan fingerprint density at radius 3 is 2.67 bits per heavy atom. The molecule has 0 N–H and O–H groups in total. The third kappa shape index (κ3) is 3.86. The molecular formula is C12H20N2O. The van der Waals surface area contributed by atoms with Crippen LogP contribution >= 0.6 is 0 Å². The molecule has 0 unspecified atom stereocenters. The molecule has 0 aliphatic heterocycles. The molecular weight excluding hydrogens is 188 g/mol. The van der Waals surface area contributed by atoms with Crippen LogP contribution in [0.1, 0.15) is 39.7 Å². The molecule has 0 fully saturated rings. The summed E-state index contributed by atoms with van der Waals surface area (Å²) in [5.41, 5.74) is 1.25. The third-order valence-electron chi connectivity index (χ3n) is 2.42. The van der Waals surface area contributed by atoms with E-state index < -0.39 is 0 Å². The predicted molar refractivity (Wildman–Crippen MR) is 60.7 cm³/mol. The SMILES string of the molecule is CCn1cc(CC(C)(C)CC(C)=O)cn1. The van der Waals surface area contributed by atoms with Gasteiger partial charge in [0.15, 0.2) is 0 Å². The Balaban J connectivity index is 2.63. The van der Waals surface area contributed by atoms with E-state index in [0.717, 1.165) is 13.0 Å². The van der Waals surface area contributed by atoms with Gasteiger partial charge in [-0.15, -0.1) is 0 Å². The molecule has 0 saturated heterocycles. The van der Waals surface area contributed by atoms with Crippen LogP contribution in [0.15, 0.2) is 12.4 Å². The first-order valence-corrected chi connectivity index (χ1v) is 5.44. The van der Waals surface area contributed by atoms with Gasteiger partial charge in [-0.1, -0.05) is 13.8 Å². The first kappa shape index (κ1) is 12.0. The van der Waals surface area contributed by atoms with Gasteiger partial charge < -0.3 is 4.79 Å². The van der Waals surface area contributed by atoms with Crippen LogP contribution in [0, 0.1) is 5.41 Å². The molecule has 0 spiro atoms. The summed E-state index contributed by atoms with van der Waals surface area (Å²) in [4.78, 5) is 11.1. The third-order valence-corrected chi connectivity index (χ3v) is 2.42. The van der Waals surface area contributed by atoms with Gasteiger partial charge in [0.2, 0.25) is 0 Å². The highest BCUT2D eigenvalue weighted by molar-refractivity contribution is 5.76. The Labute approximate surface area is 91.5 Å². The van der Waals surface area contributed by atoms with Crippen LogP contribution in [0.2, 0.25) is 0 Å². The summed E-state index contributed by atoms with van der Waals surface area (Å²) < 4.78 is 1.92. The van der Waals surface area contributed by atoms with Crippen LogP contribution in [-0.2, 0) is 17.8 Å². The molecule has 0 amide bonds. The molecule has 0 aromatic carbocycles. The van der Waals surface area contributed by atoms with Crippen molar-refractivity contribution >= 4 is 5.78 Å². The van der Waals surface area contributed by atoms with Crippen molar-refractivity contribution in [1.82, 2.24) is 9.78 Å². The molecule has 15 heavy (non-hydrogen) atoms. The Hall–Kier alpha value is -1.12. The molecule has 0 atom stereocenters. The predicted octanol–water partition coefficient (Wildman–Crippen LogP) is 2.45. The molecule has 0 aliphatic carbocycles. The van der Waals surface area contributed by atoms with Gasteiger partial charge in [0.25, 0.3) is 0 Å². The van der Waals surface area contributed by atoms with E-state index in [1.165, 1.54) is 5.56 Å². The fourth-order valence-electron chi connectivity index (χ4n) is 1.96. The fourth-order valence-corrected chi connectivity index (χ4v) is 1.96. The summed E-state index contributed by atoms with van der Waals surface area (Å²) in [7, 11) is 0. The van der Waals surface area contributed by atoms with E-state index in [9.17, 15) is 4.79 Å². The van der Waals surface area contributed by atoms with Crippen LogP contribution in [0.5, 0.6) is 0 Å². The smallest absolute Gasteiger partial charge is 0.130 e. The largest absolute Gasteiger partial charge is 0.300 e. The van der Waals surface area contributed by atoms with Crippen molar-refractivity contribution in [2.24, 2.45) is 5.41 Å². The number of carbonyl (C=O) groups excluding carboxylic acids is 1. The second kappa shape index (κ2) is 4.60. The zero-order valence-electron chi connectivity index (χ0n) is 10.1. The van der Waals surface area contributed by atoms with Crippen LogP contribution < -0.4 is 0 Å². The van der Waals surface area contributed by atoms with Crippen molar-refractivity contribution in [2.45, 2.75) is 47.1 Å². The number of aryl methyl sites for hydroxylation is 1. The molecule has 0 bridgehead atoms. The average Bonchev–Trinajstić information content (AvgIpc) is 2.48. The first-order chi connectivity index (χ1) is 6.93. The van der Waals surface area contributed by atoms with Crippen molar-refractivity contribution in [3.8, 4) is 0 Å². The van der Waals surface area contributed by atoms with Crippen LogP contribution in [0.25, 0.3) is 0 Å². The Bertz CT molecular complexity index is 339. The maximum atomic E-state index is 11.1. The van der Waals surface area contributed by atoms with Crippen molar-refractivity contribution in [2.75, 3.05) is 0 Å². The van der Waals surface area contributed by atoms with Crippen molar-refractivity contribution in [3.63, 3.8) is 0 Å². The summed E-state index contributed by atoms with van der Waals surface area (Å²) in [6.07, 6.45) is 5.49. The van der Waals surface area contributed by atoms with Gasteiger partial charge in [-0.05, 0) is 31.2 Å². The fraction of sp³-hybridized carbons (Fsp3) is 0.667. The maximum Gasteiger partial charge on any atom is 0.130 e. The Kier molecular flexibility index (Phi) is 3.66. The van der Waals surface area contributed by atoms with Gasteiger partial charge in [-0.25, -0.2) is 0 Å². The Morgan fingerprint density at radius 2 is 2.20 bits per heavy atom. The molecule has 3 heteroatoms. The zero-order valence-corrected chi connectivity index (χ0v) is 10.1. The highest BCUT2D eigenvalue weighted by Crippen LogP contribution is 2.25. The number of carbonyl (C=O) groups is 1. The standard InChI is InChI=1S/C12H20N2O/c1-5-14-9-11(8-13-14)7-12(3,4)6-10(2)15/h8-9H,5-7H2,1-4H3. The highest BCUT2D eigenvalue weighted by Gasteiger charge is 2.21. The quantitative estimate of drug-likeness (QED) is 0.745. The summed E-state index contributed by atoms with van der Waals surface area (Å²) in [5, 5.41) is 4.23. The van der Waals surface area contributed by atoms with Crippen molar-refractivity contribution in [3.05, 3.63) is 18.0 Å². The number of Topliss-reactive ketones (excluding diaryl/α,β-unsaturated/α-hetero) is 1. The number of aromatic nitrogens is 2. The molecule has 0 aliphatic rings. The minimum Gasteiger partial charge on any atom is -0.300 e.